The highest BCUT2D eigenvalue weighted by Crippen LogP contribution is 2.49. The van der Waals surface area contributed by atoms with Crippen molar-refractivity contribution in [1.82, 2.24) is 0 Å². The molecule has 0 aromatic heterocycles. The van der Waals surface area contributed by atoms with Gasteiger partial charge in [-0.3, -0.25) is 0 Å². The smallest absolute Gasteiger partial charge is 0.204 e. The van der Waals surface area contributed by atoms with Crippen molar-refractivity contribution >= 4 is 0 Å². The van der Waals surface area contributed by atoms with E-state index < -0.39 is 28.8 Å². The fourth-order valence-electron chi connectivity index (χ4n) is 1.51. The summed E-state index contributed by atoms with van der Waals surface area (Å²) < 4.78 is 43.7. The van der Waals surface area contributed by atoms with Crippen LogP contribution >= 0.6 is 0 Å². The van der Waals surface area contributed by atoms with Gasteiger partial charge in [0.05, 0.1) is 12.7 Å². The molecule has 0 atom stereocenters. The average Bonchev–Trinajstić information content (AvgIpc) is 2.94. The predicted octanol–water partition coefficient (Wildman–Crippen LogP) is 2.09. The molecular formula is C10H9F3O2. The van der Waals surface area contributed by atoms with E-state index in [0.717, 1.165) is 13.2 Å². The molecule has 0 heterocycles. The van der Waals surface area contributed by atoms with Crippen molar-refractivity contribution in [1.29, 1.82) is 0 Å². The van der Waals surface area contributed by atoms with E-state index in [1.165, 1.54) is 0 Å². The Morgan fingerprint density at radius 2 is 1.87 bits per heavy atom. The highest BCUT2D eigenvalue weighted by molar-refractivity contribution is 5.43. The Hall–Kier alpha value is -1.23. The van der Waals surface area contributed by atoms with Crippen LogP contribution in [0.15, 0.2) is 6.07 Å². The second kappa shape index (κ2) is 3.13. The first-order valence-electron chi connectivity index (χ1n) is 4.44. The number of benzene rings is 1. The van der Waals surface area contributed by atoms with Gasteiger partial charge in [-0.25, -0.2) is 8.78 Å². The first kappa shape index (κ1) is 10.3. The lowest BCUT2D eigenvalue weighted by molar-refractivity contribution is 0.145. The number of rotatable bonds is 2. The third-order valence-corrected chi connectivity index (χ3v) is 2.55. The number of ether oxygens (including phenoxy) is 1. The summed E-state index contributed by atoms with van der Waals surface area (Å²) in [5.41, 5.74) is -1.29. The predicted molar refractivity (Wildman–Crippen MR) is 46.0 cm³/mol. The van der Waals surface area contributed by atoms with E-state index in [2.05, 4.69) is 4.74 Å². The van der Waals surface area contributed by atoms with Gasteiger partial charge in [0.1, 0.15) is 0 Å². The SMILES string of the molecule is COc1c(C2(O)CC2)cc(F)c(F)c1F. The minimum atomic E-state index is -1.58. The molecule has 1 N–H and O–H groups in total. The number of hydrogen-bond acceptors (Lipinski definition) is 2. The molecular weight excluding hydrogens is 209 g/mol. The summed E-state index contributed by atoms with van der Waals surface area (Å²) in [5.74, 6) is -4.72. The van der Waals surface area contributed by atoms with Crippen molar-refractivity contribution in [2.24, 2.45) is 0 Å². The zero-order chi connectivity index (χ0) is 11.2. The molecule has 0 aliphatic heterocycles. The molecule has 2 rings (SSSR count). The molecule has 1 aromatic carbocycles. The molecule has 5 heteroatoms. The Balaban J connectivity index is 2.63. The Labute approximate surface area is 84.3 Å². The molecule has 2 nitrogen and oxygen atoms in total. The van der Waals surface area contributed by atoms with E-state index in [0.29, 0.717) is 12.8 Å². The van der Waals surface area contributed by atoms with Crippen LogP contribution in [0.4, 0.5) is 13.2 Å². The molecule has 0 saturated heterocycles. The van der Waals surface area contributed by atoms with Crippen LogP contribution in [-0.2, 0) is 5.60 Å². The van der Waals surface area contributed by atoms with E-state index in [1.807, 2.05) is 0 Å². The Morgan fingerprint density at radius 1 is 1.27 bits per heavy atom. The molecule has 1 aromatic rings. The van der Waals surface area contributed by atoms with Gasteiger partial charge in [0.2, 0.25) is 5.82 Å². The maximum Gasteiger partial charge on any atom is 0.204 e. The minimum Gasteiger partial charge on any atom is -0.493 e. The number of aliphatic hydroxyl groups is 1. The van der Waals surface area contributed by atoms with E-state index >= 15 is 0 Å². The summed E-state index contributed by atoms with van der Waals surface area (Å²) in [6.07, 6.45) is 0.793. The van der Waals surface area contributed by atoms with Crippen molar-refractivity contribution in [3.63, 3.8) is 0 Å². The third kappa shape index (κ3) is 1.47. The van der Waals surface area contributed by atoms with E-state index in [1.54, 1.807) is 0 Å². The van der Waals surface area contributed by atoms with Gasteiger partial charge in [-0.05, 0) is 18.9 Å². The zero-order valence-corrected chi connectivity index (χ0v) is 7.98. The maximum atomic E-state index is 13.2. The van der Waals surface area contributed by atoms with Gasteiger partial charge in [0.25, 0.3) is 0 Å². The molecule has 82 valence electrons. The second-order valence-electron chi connectivity index (χ2n) is 3.60. The summed E-state index contributed by atoms with van der Waals surface area (Å²) >= 11 is 0. The minimum absolute atomic E-state index is 0.0265. The average molecular weight is 218 g/mol. The number of methoxy groups -OCH3 is 1. The molecule has 0 unspecified atom stereocenters. The molecule has 0 bridgehead atoms. The fraction of sp³-hybridized carbons (Fsp3) is 0.400. The highest BCUT2D eigenvalue weighted by Gasteiger charge is 2.46. The van der Waals surface area contributed by atoms with Crippen molar-refractivity contribution in [2.75, 3.05) is 7.11 Å². The quantitative estimate of drug-likeness (QED) is 0.770. The fourth-order valence-corrected chi connectivity index (χ4v) is 1.51. The first-order chi connectivity index (χ1) is 6.99. The molecule has 1 aliphatic carbocycles. The largest absolute Gasteiger partial charge is 0.493 e. The molecule has 0 amide bonds. The van der Waals surface area contributed by atoms with E-state index in [4.69, 9.17) is 0 Å². The van der Waals surface area contributed by atoms with Gasteiger partial charge < -0.3 is 9.84 Å². The van der Waals surface area contributed by atoms with Crippen LogP contribution in [0.2, 0.25) is 0 Å². The molecule has 1 saturated carbocycles. The lowest BCUT2D eigenvalue weighted by Gasteiger charge is -2.14. The van der Waals surface area contributed by atoms with E-state index in [-0.39, 0.29) is 5.56 Å². The van der Waals surface area contributed by atoms with Crippen molar-refractivity contribution < 1.29 is 23.0 Å². The Morgan fingerprint density at radius 3 is 2.33 bits per heavy atom. The van der Waals surface area contributed by atoms with Crippen molar-refractivity contribution in [3.05, 3.63) is 29.1 Å². The summed E-state index contributed by atoms with van der Waals surface area (Å²) in [7, 11) is 1.14. The Kier molecular flexibility index (Phi) is 2.15. The first-order valence-corrected chi connectivity index (χ1v) is 4.44. The van der Waals surface area contributed by atoms with Crippen LogP contribution in [0, 0.1) is 17.5 Å². The lowest BCUT2D eigenvalue weighted by atomic mass is 10.1. The summed E-state index contributed by atoms with van der Waals surface area (Å²) in [6.45, 7) is 0. The molecule has 1 fully saturated rings. The van der Waals surface area contributed by atoms with Gasteiger partial charge in [-0.1, -0.05) is 0 Å². The van der Waals surface area contributed by atoms with Crippen LogP contribution in [0.5, 0.6) is 5.75 Å². The molecule has 15 heavy (non-hydrogen) atoms. The van der Waals surface area contributed by atoms with Crippen LogP contribution < -0.4 is 4.74 Å². The van der Waals surface area contributed by atoms with Crippen molar-refractivity contribution in [3.8, 4) is 5.75 Å². The van der Waals surface area contributed by atoms with Gasteiger partial charge in [-0.15, -0.1) is 0 Å². The number of hydrogen-bond donors (Lipinski definition) is 1. The second-order valence-corrected chi connectivity index (χ2v) is 3.60. The summed E-state index contributed by atoms with van der Waals surface area (Å²) in [5, 5.41) is 9.72. The normalized spacial score (nSPS) is 17.7. The van der Waals surface area contributed by atoms with Crippen LogP contribution in [0.25, 0.3) is 0 Å². The van der Waals surface area contributed by atoms with Gasteiger partial charge in [0, 0.05) is 5.56 Å². The molecule has 0 spiro atoms. The van der Waals surface area contributed by atoms with Crippen LogP contribution in [0.3, 0.4) is 0 Å². The van der Waals surface area contributed by atoms with Crippen molar-refractivity contribution in [2.45, 2.75) is 18.4 Å². The molecule has 1 aliphatic rings. The maximum absolute atomic E-state index is 13.2. The zero-order valence-electron chi connectivity index (χ0n) is 7.98. The topological polar surface area (TPSA) is 29.5 Å². The van der Waals surface area contributed by atoms with Crippen LogP contribution in [0.1, 0.15) is 18.4 Å². The highest BCUT2D eigenvalue weighted by atomic mass is 19.2. The lowest BCUT2D eigenvalue weighted by Crippen LogP contribution is -2.10. The van der Waals surface area contributed by atoms with Crippen LogP contribution in [-0.4, -0.2) is 12.2 Å². The van der Waals surface area contributed by atoms with Gasteiger partial charge in [0.15, 0.2) is 17.4 Å². The third-order valence-electron chi connectivity index (χ3n) is 2.55. The monoisotopic (exact) mass is 218 g/mol. The van der Waals surface area contributed by atoms with E-state index in [9.17, 15) is 18.3 Å². The summed E-state index contributed by atoms with van der Waals surface area (Å²) in [4.78, 5) is 0. The van der Waals surface area contributed by atoms with Gasteiger partial charge >= 0.3 is 0 Å². The Bertz CT molecular complexity index is 414. The number of halogens is 3. The molecule has 0 radical (unpaired) electrons. The standard InChI is InChI=1S/C10H9F3O2/c1-15-9-5(10(14)2-3-10)4-6(11)7(12)8(9)13/h4,14H,2-3H2,1H3. The van der Waals surface area contributed by atoms with Gasteiger partial charge in [-0.2, -0.15) is 4.39 Å². The summed E-state index contributed by atoms with van der Waals surface area (Å²) in [6, 6.07) is 0.782.